The number of halogens is 3. The van der Waals surface area contributed by atoms with Crippen LogP contribution in [0.1, 0.15) is 32.1 Å². The van der Waals surface area contributed by atoms with Crippen molar-refractivity contribution in [3.8, 4) is 5.75 Å². The zero-order valence-electron chi connectivity index (χ0n) is 10.4. The van der Waals surface area contributed by atoms with Gasteiger partial charge < -0.3 is 4.74 Å². The van der Waals surface area contributed by atoms with Crippen LogP contribution in [0.4, 0.5) is 8.78 Å². The Kier molecular flexibility index (Phi) is 4.91. The van der Waals surface area contributed by atoms with Crippen molar-refractivity contribution in [2.45, 2.75) is 32.1 Å². The average molecular weight is 333 g/mol. The molecule has 0 radical (unpaired) electrons. The van der Waals surface area contributed by atoms with Crippen LogP contribution in [-0.4, -0.2) is 12.4 Å². The first-order chi connectivity index (χ1) is 9.08. The Morgan fingerprint density at radius 1 is 1.26 bits per heavy atom. The second kappa shape index (κ2) is 6.46. The molecule has 0 amide bonds. The van der Waals surface area contributed by atoms with E-state index in [-0.39, 0.29) is 28.5 Å². The second-order valence-electron chi connectivity index (χ2n) is 4.79. The third-order valence-electron chi connectivity index (χ3n) is 3.38. The van der Waals surface area contributed by atoms with Crippen LogP contribution in [0.2, 0.25) is 0 Å². The van der Waals surface area contributed by atoms with Gasteiger partial charge >= 0.3 is 0 Å². The summed E-state index contributed by atoms with van der Waals surface area (Å²) in [4.78, 5) is 11.9. The Balaban J connectivity index is 1.96. The van der Waals surface area contributed by atoms with Crippen molar-refractivity contribution < 1.29 is 18.3 Å². The van der Waals surface area contributed by atoms with Gasteiger partial charge in [-0.3, -0.25) is 4.79 Å². The van der Waals surface area contributed by atoms with Crippen molar-refractivity contribution in [3.05, 3.63) is 28.2 Å². The zero-order valence-corrected chi connectivity index (χ0v) is 12.0. The Bertz CT molecular complexity index is 448. The molecular formula is C14H15BrF2O2. The van der Waals surface area contributed by atoms with Crippen LogP contribution in [0.15, 0.2) is 16.6 Å². The maximum Gasteiger partial charge on any atom is 0.173 e. The minimum absolute atomic E-state index is 0.00433. The molecule has 0 saturated heterocycles. The van der Waals surface area contributed by atoms with Gasteiger partial charge in [-0.25, -0.2) is 8.78 Å². The lowest BCUT2D eigenvalue weighted by Crippen LogP contribution is -2.23. The number of rotatable bonds is 4. The van der Waals surface area contributed by atoms with E-state index in [2.05, 4.69) is 15.9 Å². The van der Waals surface area contributed by atoms with Gasteiger partial charge in [-0.1, -0.05) is 19.3 Å². The van der Waals surface area contributed by atoms with Crippen LogP contribution >= 0.6 is 15.9 Å². The van der Waals surface area contributed by atoms with Gasteiger partial charge in [0.25, 0.3) is 0 Å². The molecule has 1 saturated carbocycles. The van der Waals surface area contributed by atoms with Crippen molar-refractivity contribution in [1.82, 2.24) is 0 Å². The van der Waals surface area contributed by atoms with Crippen molar-refractivity contribution in [2.75, 3.05) is 6.61 Å². The molecule has 0 N–H and O–H groups in total. The fraction of sp³-hybridized carbons (Fsp3) is 0.500. The third kappa shape index (κ3) is 3.75. The average Bonchev–Trinajstić information content (AvgIpc) is 2.38. The summed E-state index contributed by atoms with van der Waals surface area (Å²) in [5, 5.41) is 0. The third-order valence-corrected chi connectivity index (χ3v) is 3.97. The molecular weight excluding hydrogens is 318 g/mol. The van der Waals surface area contributed by atoms with E-state index in [4.69, 9.17) is 4.74 Å². The molecule has 0 aromatic heterocycles. The standard InChI is InChI=1S/C14H15BrF2O2/c15-11-6-10(16)7-12(17)14(11)19-8-13(18)9-4-2-1-3-5-9/h6-7,9H,1-5,8H2. The van der Waals surface area contributed by atoms with Gasteiger partial charge in [0, 0.05) is 12.0 Å². The van der Waals surface area contributed by atoms with Crippen LogP contribution in [0.5, 0.6) is 5.75 Å². The van der Waals surface area contributed by atoms with Crippen LogP contribution in [0.25, 0.3) is 0 Å². The van der Waals surface area contributed by atoms with Gasteiger partial charge in [-0.05, 0) is 34.8 Å². The van der Waals surface area contributed by atoms with E-state index in [1.54, 1.807) is 0 Å². The molecule has 1 aliphatic carbocycles. The molecule has 1 fully saturated rings. The lowest BCUT2D eigenvalue weighted by Gasteiger charge is -2.20. The summed E-state index contributed by atoms with van der Waals surface area (Å²) >= 11 is 3.03. The first kappa shape index (κ1) is 14.4. The highest BCUT2D eigenvalue weighted by Gasteiger charge is 2.22. The number of carbonyl (C=O) groups excluding carboxylic acids is 1. The smallest absolute Gasteiger partial charge is 0.173 e. The van der Waals surface area contributed by atoms with Gasteiger partial charge in [-0.15, -0.1) is 0 Å². The molecule has 2 rings (SSSR count). The topological polar surface area (TPSA) is 26.3 Å². The van der Waals surface area contributed by atoms with E-state index in [0.717, 1.165) is 37.8 Å². The Morgan fingerprint density at radius 3 is 2.58 bits per heavy atom. The van der Waals surface area contributed by atoms with E-state index in [1.807, 2.05) is 0 Å². The largest absolute Gasteiger partial charge is 0.482 e. The van der Waals surface area contributed by atoms with Crippen molar-refractivity contribution in [1.29, 1.82) is 0 Å². The van der Waals surface area contributed by atoms with E-state index in [9.17, 15) is 13.6 Å². The highest BCUT2D eigenvalue weighted by Crippen LogP contribution is 2.30. The summed E-state index contributed by atoms with van der Waals surface area (Å²) in [7, 11) is 0. The molecule has 0 aliphatic heterocycles. The zero-order chi connectivity index (χ0) is 13.8. The van der Waals surface area contributed by atoms with E-state index < -0.39 is 11.6 Å². The summed E-state index contributed by atoms with van der Waals surface area (Å²) in [6.07, 6.45) is 5.06. The quantitative estimate of drug-likeness (QED) is 0.823. The normalized spacial score (nSPS) is 16.4. The molecule has 0 unspecified atom stereocenters. The molecule has 1 aliphatic rings. The van der Waals surface area contributed by atoms with Crippen molar-refractivity contribution in [3.63, 3.8) is 0 Å². The highest BCUT2D eigenvalue weighted by atomic mass is 79.9. The SMILES string of the molecule is O=C(COc1c(F)cc(F)cc1Br)C1CCCCC1. The maximum atomic E-state index is 13.5. The molecule has 2 nitrogen and oxygen atoms in total. The minimum atomic E-state index is -0.802. The fourth-order valence-electron chi connectivity index (χ4n) is 2.35. The minimum Gasteiger partial charge on any atom is -0.482 e. The van der Waals surface area contributed by atoms with Crippen LogP contribution in [0, 0.1) is 17.6 Å². The molecule has 104 valence electrons. The molecule has 0 bridgehead atoms. The van der Waals surface area contributed by atoms with E-state index >= 15 is 0 Å². The predicted molar refractivity (Wildman–Crippen MR) is 71.1 cm³/mol. The molecule has 0 atom stereocenters. The lowest BCUT2D eigenvalue weighted by molar-refractivity contribution is -0.125. The number of hydrogen-bond donors (Lipinski definition) is 0. The Morgan fingerprint density at radius 2 is 1.95 bits per heavy atom. The van der Waals surface area contributed by atoms with E-state index in [1.165, 1.54) is 6.42 Å². The van der Waals surface area contributed by atoms with Gasteiger partial charge in [0.2, 0.25) is 0 Å². The summed E-state index contributed by atoms with van der Waals surface area (Å²) < 4.78 is 31.8. The van der Waals surface area contributed by atoms with Gasteiger partial charge in [-0.2, -0.15) is 0 Å². The molecule has 0 spiro atoms. The summed E-state index contributed by atoms with van der Waals surface area (Å²) in [6, 6.07) is 1.86. The summed E-state index contributed by atoms with van der Waals surface area (Å²) in [6.45, 7) is -0.161. The number of Topliss-reactive ketones (excluding diaryl/α,β-unsaturated/α-hetero) is 1. The molecule has 19 heavy (non-hydrogen) atoms. The lowest BCUT2D eigenvalue weighted by atomic mass is 9.86. The maximum absolute atomic E-state index is 13.5. The monoisotopic (exact) mass is 332 g/mol. The van der Waals surface area contributed by atoms with Gasteiger partial charge in [0.1, 0.15) is 12.4 Å². The number of benzene rings is 1. The summed E-state index contributed by atoms with van der Waals surface area (Å²) in [5.41, 5.74) is 0. The Labute approximate surface area is 119 Å². The van der Waals surface area contributed by atoms with Gasteiger partial charge in [0.05, 0.1) is 4.47 Å². The van der Waals surface area contributed by atoms with Crippen LogP contribution in [-0.2, 0) is 4.79 Å². The fourth-order valence-corrected chi connectivity index (χ4v) is 2.88. The number of carbonyl (C=O) groups is 1. The first-order valence-electron chi connectivity index (χ1n) is 6.38. The van der Waals surface area contributed by atoms with Crippen LogP contribution < -0.4 is 4.74 Å². The predicted octanol–water partition coefficient (Wildman–Crippen LogP) is 4.26. The first-order valence-corrected chi connectivity index (χ1v) is 7.17. The van der Waals surface area contributed by atoms with Crippen LogP contribution in [0.3, 0.4) is 0 Å². The molecule has 1 aromatic carbocycles. The van der Waals surface area contributed by atoms with E-state index in [0.29, 0.717) is 0 Å². The van der Waals surface area contributed by atoms with Crippen molar-refractivity contribution in [2.24, 2.45) is 5.92 Å². The molecule has 5 heteroatoms. The number of ketones is 1. The highest BCUT2D eigenvalue weighted by molar-refractivity contribution is 9.10. The number of hydrogen-bond acceptors (Lipinski definition) is 2. The van der Waals surface area contributed by atoms with Crippen molar-refractivity contribution >= 4 is 21.7 Å². The second-order valence-corrected chi connectivity index (χ2v) is 5.64. The molecule has 1 aromatic rings. The molecule has 0 heterocycles. The van der Waals surface area contributed by atoms with Gasteiger partial charge in [0.15, 0.2) is 17.3 Å². The summed E-state index contributed by atoms with van der Waals surface area (Å²) in [5.74, 6) is -1.57. The Hall–Kier alpha value is -0.970. The number of ether oxygens (including phenoxy) is 1.